The van der Waals surface area contributed by atoms with Crippen molar-refractivity contribution in [2.45, 2.75) is 64.7 Å². The maximum Gasteiger partial charge on any atom is 0.118 e. The number of fused-ring (bicyclic) bond motifs is 3. The van der Waals surface area contributed by atoms with Gasteiger partial charge in [0.1, 0.15) is 5.75 Å². The van der Waals surface area contributed by atoms with Crippen molar-refractivity contribution < 1.29 is 4.74 Å². The van der Waals surface area contributed by atoms with E-state index in [4.69, 9.17) is 4.74 Å². The number of methoxy groups -OCH3 is 1. The van der Waals surface area contributed by atoms with Crippen molar-refractivity contribution >= 4 is 24.3 Å². The molecular weight excluding hydrogens is 484 g/mol. The molecule has 0 bridgehead atoms. The van der Waals surface area contributed by atoms with Crippen LogP contribution < -0.4 is 4.74 Å². The van der Waals surface area contributed by atoms with Gasteiger partial charge in [-0.05, 0) is 76.4 Å². The lowest BCUT2D eigenvalue weighted by Crippen LogP contribution is -2.25. The Bertz CT molecular complexity index is 1480. The third kappa shape index (κ3) is 5.85. The zero-order valence-corrected chi connectivity index (χ0v) is 24.5. The van der Waals surface area contributed by atoms with Gasteiger partial charge in [0.25, 0.3) is 0 Å². The van der Waals surface area contributed by atoms with Crippen LogP contribution in [-0.2, 0) is 5.41 Å². The summed E-state index contributed by atoms with van der Waals surface area (Å²) in [5, 5.41) is 0. The minimum atomic E-state index is 0.0638. The molecule has 0 saturated heterocycles. The van der Waals surface area contributed by atoms with E-state index >= 15 is 0 Å². The van der Waals surface area contributed by atoms with Crippen molar-refractivity contribution in [3.05, 3.63) is 124 Å². The third-order valence-electron chi connectivity index (χ3n) is 8.45. The highest BCUT2D eigenvalue weighted by Gasteiger charge is 2.42. The minimum Gasteiger partial charge on any atom is -0.497 e. The van der Waals surface area contributed by atoms with Crippen LogP contribution in [-0.4, -0.2) is 7.11 Å². The van der Waals surface area contributed by atoms with Gasteiger partial charge in [-0.15, -0.1) is 0 Å². The molecule has 0 fully saturated rings. The Morgan fingerprint density at radius 3 is 1.45 bits per heavy atom. The molecule has 0 heterocycles. The minimum absolute atomic E-state index is 0.0638. The summed E-state index contributed by atoms with van der Waals surface area (Å²) in [5.41, 5.74) is 12.2. The fraction of sp³-hybridized carbons (Fsp3) is 0.282. The Labute approximate surface area is 241 Å². The van der Waals surface area contributed by atoms with Gasteiger partial charge in [0.15, 0.2) is 0 Å². The van der Waals surface area contributed by atoms with E-state index in [9.17, 15) is 0 Å². The predicted molar refractivity (Wildman–Crippen MR) is 174 cm³/mol. The standard InChI is InChI=1S/C39H42O/c1-5-7-25-39(26-8-6-2)37-27-32(15-13-30-11-9-29(3)10-12-30)19-23-35(37)36-24-20-33(28-38(36)39)16-14-31-17-21-34(40-4)22-18-31/h9-24,27-28H,5-8,25-26H2,1-4H3/b15-13+,16-14+. The second-order valence-electron chi connectivity index (χ2n) is 11.2. The van der Waals surface area contributed by atoms with Crippen molar-refractivity contribution in [2.75, 3.05) is 7.11 Å². The number of hydrogen-bond acceptors (Lipinski definition) is 1. The lowest BCUT2D eigenvalue weighted by Gasteiger charge is -2.33. The highest BCUT2D eigenvalue weighted by molar-refractivity contribution is 5.85. The van der Waals surface area contributed by atoms with Crippen molar-refractivity contribution in [1.82, 2.24) is 0 Å². The number of rotatable bonds is 11. The van der Waals surface area contributed by atoms with E-state index in [1.54, 1.807) is 7.11 Å². The van der Waals surface area contributed by atoms with Crippen LogP contribution in [0.5, 0.6) is 5.75 Å². The molecule has 0 unspecified atom stereocenters. The molecule has 4 aromatic carbocycles. The zero-order chi connectivity index (χ0) is 28.0. The fourth-order valence-corrected chi connectivity index (χ4v) is 6.14. The van der Waals surface area contributed by atoms with Gasteiger partial charge in [-0.2, -0.15) is 0 Å². The average Bonchev–Trinajstić information content (AvgIpc) is 3.26. The average molecular weight is 527 g/mol. The van der Waals surface area contributed by atoms with E-state index in [1.165, 1.54) is 88.6 Å². The van der Waals surface area contributed by atoms with Crippen LogP contribution in [0.1, 0.15) is 91.3 Å². The Morgan fingerprint density at radius 2 is 1.00 bits per heavy atom. The molecule has 5 rings (SSSR count). The lowest BCUT2D eigenvalue weighted by atomic mass is 9.70. The topological polar surface area (TPSA) is 9.23 Å². The van der Waals surface area contributed by atoms with Gasteiger partial charge < -0.3 is 4.74 Å². The van der Waals surface area contributed by atoms with Crippen molar-refractivity contribution in [3.63, 3.8) is 0 Å². The molecule has 204 valence electrons. The summed E-state index contributed by atoms with van der Waals surface area (Å²) < 4.78 is 5.32. The second-order valence-corrected chi connectivity index (χ2v) is 11.2. The van der Waals surface area contributed by atoms with E-state index in [0.29, 0.717) is 0 Å². The van der Waals surface area contributed by atoms with E-state index in [0.717, 1.165) is 5.75 Å². The quantitative estimate of drug-likeness (QED) is 0.177. The number of benzene rings is 4. The first-order valence-electron chi connectivity index (χ1n) is 14.9. The summed E-state index contributed by atoms with van der Waals surface area (Å²) in [6, 6.07) is 31.3. The van der Waals surface area contributed by atoms with Crippen LogP contribution in [0.3, 0.4) is 0 Å². The molecule has 0 aliphatic heterocycles. The van der Waals surface area contributed by atoms with Gasteiger partial charge in [-0.3, -0.25) is 0 Å². The van der Waals surface area contributed by atoms with Crippen LogP contribution in [0.25, 0.3) is 35.4 Å². The van der Waals surface area contributed by atoms with Gasteiger partial charge in [0, 0.05) is 5.41 Å². The normalized spacial score (nSPS) is 13.6. The molecule has 0 amide bonds. The van der Waals surface area contributed by atoms with Gasteiger partial charge >= 0.3 is 0 Å². The third-order valence-corrected chi connectivity index (χ3v) is 8.45. The van der Waals surface area contributed by atoms with E-state index in [1.807, 2.05) is 12.1 Å². The largest absolute Gasteiger partial charge is 0.497 e. The summed E-state index contributed by atoms with van der Waals surface area (Å²) >= 11 is 0. The molecule has 0 atom stereocenters. The maximum absolute atomic E-state index is 5.32. The fourth-order valence-electron chi connectivity index (χ4n) is 6.14. The highest BCUT2D eigenvalue weighted by Crippen LogP contribution is 2.54. The summed E-state index contributed by atoms with van der Waals surface area (Å²) in [7, 11) is 1.71. The number of hydrogen-bond donors (Lipinski definition) is 0. The summed E-state index contributed by atoms with van der Waals surface area (Å²) in [5.74, 6) is 0.886. The predicted octanol–water partition coefficient (Wildman–Crippen LogP) is 11.0. The zero-order valence-electron chi connectivity index (χ0n) is 24.5. The molecule has 0 aromatic heterocycles. The molecule has 0 N–H and O–H groups in total. The SMILES string of the molecule is CCCCC1(CCCC)c2cc(/C=C/c3ccc(C)cc3)ccc2-c2ccc(/C=C/c3ccc(OC)cc3)cc21. The first-order chi connectivity index (χ1) is 19.6. The highest BCUT2D eigenvalue weighted by atomic mass is 16.5. The summed E-state index contributed by atoms with van der Waals surface area (Å²) in [6.45, 7) is 6.77. The first-order valence-corrected chi connectivity index (χ1v) is 14.9. The lowest BCUT2D eigenvalue weighted by molar-refractivity contribution is 0.414. The number of ether oxygens (including phenoxy) is 1. The smallest absolute Gasteiger partial charge is 0.118 e. The molecule has 4 aromatic rings. The van der Waals surface area contributed by atoms with E-state index in [-0.39, 0.29) is 5.41 Å². The van der Waals surface area contributed by atoms with Crippen LogP contribution >= 0.6 is 0 Å². The Balaban J connectivity index is 1.54. The Hall–Kier alpha value is -3.84. The molecule has 1 nitrogen and oxygen atoms in total. The van der Waals surface area contributed by atoms with Crippen molar-refractivity contribution in [1.29, 1.82) is 0 Å². The van der Waals surface area contributed by atoms with E-state index < -0.39 is 0 Å². The maximum atomic E-state index is 5.32. The summed E-state index contributed by atoms with van der Waals surface area (Å²) in [4.78, 5) is 0. The molecular formula is C39H42O. The Morgan fingerprint density at radius 1 is 0.575 bits per heavy atom. The van der Waals surface area contributed by atoms with Gasteiger partial charge in [-0.1, -0.05) is 142 Å². The van der Waals surface area contributed by atoms with Gasteiger partial charge in [-0.25, -0.2) is 0 Å². The van der Waals surface area contributed by atoms with Crippen LogP contribution in [0, 0.1) is 6.92 Å². The first kappa shape index (κ1) is 27.7. The molecule has 1 aliphatic rings. The van der Waals surface area contributed by atoms with E-state index in [2.05, 4.69) is 118 Å². The summed E-state index contributed by atoms with van der Waals surface area (Å²) in [6.07, 6.45) is 16.3. The Kier molecular flexibility index (Phi) is 8.70. The van der Waals surface area contributed by atoms with Crippen LogP contribution in [0.2, 0.25) is 0 Å². The number of unbranched alkanes of at least 4 members (excludes halogenated alkanes) is 2. The number of aryl methyl sites for hydroxylation is 1. The van der Waals surface area contributed by atoms with Crippen molar-refractivity contribution in [2.24, 2.45) is 0 Å². The molecule has 0 radical (unpaired) electrons. The van der Waals surface area contributed by atoms with Crippen LogP contribution in [0.15, 0.2) is 84.9 Å². The second kappa shape index (κ2) is 12.6. The molecule has 40 heavy (non-hydrogen) atoms. The molecule has 0 saturated carbocycles. The molecule has 0 spiro atoms. The van der Waals surface area contributed by atoms with Crippen LogP contribution in [0.4, 0.5) is 0 Å². The van der Waals surface area contributed by atoms with Crippen molar-refractivity contribution in [3.8, 4) is 16.9 Å². The molecule has 1 heteroatoms. The van der Waals surface area contributed by atoms with Gasteiger partial charge in [0.2, 0.25) is 0 Å². The van der Waals surface area contributed by atoms with Gasteiger partial charge in [0.05, 0.1) is 7.11 Å². The monoisotopic (exact) mass is 526 g/mol. The molecule has 1 aliphatic carbocycles.